The highest BCUT2D eigenvalue weighted by atomic mass is 16.2. The van der Waals surface area contributed by atoms with Crippen molar-refractivity contribution in [2.24, 2.45) is 5.73 Å². The summed E-state index contributed by atoms with van der Waals surface area (Å²) < 4.78 is 0. The Kier molecular flexibility index (Phi) is 5.66. The topological polar surface area (TPSA) is 49.6 Å². The van der Waals surface area contributed by atoms with Crippen molar-refractivity contribution in [1.29, 1.82) is 0 Å². The van der Waals surface area contributed by atoms with Crippen LogP contribution in [0.2, 0.25) is 0 Å². The number of hydrazine groups is 1. The molecule has 0 aromatic heterocycles. The molecule has 0 saturated carbocycles. The molecule has 0 aromatic carbocycles. The summed E-state index contributed by atoms with van der Waals surface area (Å²) in [7, 11) is 1.91. The molecular formula is C9H21N3O. The first-order chi connectivity index (χ1) is 6.04. The molecule has 0 radical (unpaired) electrons. The maximum Gasteiger partial charge on any atom is 0.238 e. The second-order valence-electron chi connectivity index (χ2n) is 3.34. The summed E-state index contributed by atoms with van der Waals surface area (Å²) in [6.45, 7) is 7.26. The molecule has 0 spiro atoms. The summed E-state index contributed by atoms with van der Waals surface area (Å²) in [6, 6.07) is 0.198. The molecule has 0 rings (SSSR count). The molecular weight excluding hydrogens is 166 g/mol. The van der Waals surface area contributed by atoms with Gasteiger partial charge in [0.25, 0.3) is 0 Å². The van der Waals surface area contributed by atoms with Gasteiger partial charge in [0, 0.05) is 32.6 Å². The van der Waals surface area contributed by atoms with Crippen molar-refractivity contribution in [2.45, 2.75) is 33.2 Å². The zero-order chi connectivity index (χ0) is 10.4. The molecule has 0 aromatic rings. The maximum absolute atomic E-state index is 11.6. The maximum atomic E-state index is 11.6. The largest absolute Gasteiger partial charge is 0.330 e. The van der Waals surface area contributed by atoms with Gasteiger partial charge in [-0.25, -0.2) is 5.01 Å². The van der Waals surface area contributed by atoms with Crippen molar-refractivity contribution in [2.75, 3.05) is 20.1 Å². The van der Waals surface area contributed by atoms with Gasteiger partial charge in [-0.1, -0.05) is 6.92 Å². The molecule has 78 valence electrons. The lowest BCUT2D eigenvalue weighted by atomic mass is 10.3. The summed E-state index contributed by atoms with van der Waals surface area (Å²) in [4.78, 5) is 11.6. The number of rotatable bonds is 5. The fourth-order valence-electron chi connectivity index (χ4n) is 1.26. The smallest absolute Gasteiger partial charge is 0.238 e. The van der Waals surface area contributed by atoms with Gasteiger partial charge >= 0.3 is 0 Å². The molecule has 0 saturated heterocycles. The van der Waals surface area contributed by atoms with E-state index in [1.54, 1.807) is 5.01 Å². The molecule has 0 aliphatic rings. The highest BCUT2D eigenvalue weighted by Gasteiger charge is 2.19. The molecule has 0 bridgehead atoms. The Morgan fingerprint density at radius 2 is 2.00 bits per heavy atom. The van der Waals surface area contributed by atoms with Gasteiger partial charge in [-0.15, -0.1) is 0 Å². The van der Waals surface area contributed by atoms with Crippen LogP contribution < -0.4 is 5.73 Å². The van der Waals surface area contributed by atoms with Crippen molar-refractivity contribution in [1.82, 2.24) is 10.0 Å². The van der Waals surface area contributed by atoms with Crippen molar-refractivity contribution >= 4 is 5.91 Å². The molecule has 2 N–H and O–H groups in total. The standard InChI is InChI=1S/C9H21N3O/c1-5-11(4)12(8(2)3)9(13)6-7-10/h8H,5-7,10H2,1-4H3. The van der Waals surface area contributed by atoms with Crippen molar-refractivity contribution in [3.05, 3.63) is 0 Å². The van der Waals surface area contributed by atoms with Crippen molar-refractivity contribution < 1.29 is 4.79 Å². The van der Waals surface area contributed by atoms with Crippen molar-refractivity contribution in [3.8, 4) is 0 Å². The molecule has 0 heterocycles. The number of hydrogen-bond acceptors (Lipinski definition) is 3. The second-order valence-corrected chi connectivity index (χ2v) is 3.34. The highest BCUT2D eigenvalue weighted by molar-refractivity contribution is 5.76. The predicted octanol–water partition coefficient (Wildman–Crippen LogP) is 0.439. The number of hydrogen-bond donors (Lipinski definition) is 1. The number of nitrogens with zero attached hydrogens (tertiary/aromatic N) is 2. The van der Waals surface area contributed by atoms with Crippen LogP contribution in [0.15, 0.2) is 0 Å². The van der Waals surface area contributed by atoms with Crippen molar-refractivity contribution in [3.63, 3.8) is 0 Å². The number of carbonyl (C=O) groups excluding carboxylic acids is 1. The number of amides is 1. The van der Waals surface area contributed by atoms with E-state index in [4.69, 9.17) is 5.73 Å². The Hall–Kier alpha value is -0.610. The van der Waals surface area contributed by atoms with Crippen LogP contribution in [0.3, 0.4) is 0 Å². The van der Waals surface area contributed by atoms with E-state index in [0.717, 1.165) is 6.54 Å². The van der Waals surface area contributed by atoms with E-state index in [1.807, 2.05) is 32.8 Å². The van der Waals surface area contributed by atoms with E-state index in [1.165, 1.54) is 0 Å². The lowest BCUT2D eigenvalue weighted by molar-refractivity contribution is -0.150. The lowest BCUT2D eigenvalue weighted by Gasteiger charge is -2.34. The zero-order valence-corrected chi connectivity index (χ0v) is 9.08. The molecule has 4 heteroatoms. The fraction of sp³-hybridized carbons (Fsp3) is 0.889. The van der Waals surface area contributed by atoms with Crippen LogP contribution >= 0.6 is 0 Å². The number of carbonyl (C=O) groups is 1. The fourth-order valence-corrected chi connectivity index (χ4v) is 1.26. The van der Waals surface area contributed by atoms with Gasteiger partial charge in [-0.05, 0) is 13.8 Å². The van der Waals surface area contributed by atoms with E-state index < -0.39 is 0 Å². The molecule has 13 heavy (non-hydrogen) atoms. The van der Waals surface area contributed by atoms with Gasteiger partial charge in [0.2, 0.25) is 5.91 Å². The van der Waals surface area contributed by atoms with Crippen LogP contribution in [0.5, 0.6) is 0 Å². The zero-order valence-electron chi connectivity index (χ0n) is 9.08. The van der Waals surface area contributed by atoms with Crippen LogP contribution in [0.4, 0.5) is 0 Å². The van der Waals surface area contributed by atoms with E-state index in [2.05, 4.69) is 0 Å². The minimum Gasteiger partial charge on any atom is -0.330 e. The SMILES string of the molecule is CCN(C)N(C(=O)CCN)C(C)C. The molecule has 0 fully saturated rings. The summed E-state index contributed by atoms with van der Waals surface area (Å²) in [6.07, 6.45) is 0.419. The second kappa shape index (κ2) is 5.94. The van der Waals surface area contributed by atoms with E-state index in [-0.39, 0.29) is 11.9 Å². The van der Waals surface area contributed by atoms with E-state index in [0.29, 0.717) is 13.0 Å². The third-order valence-electron chi connectivity index (χ3n) is 1.93. The van der Waals surface area contributed by atoms with Gasteiger partial charge in [0.15, 0.2) is 0 Å². The van der Waals surface area contributed by atoms with E-state index in [9.17, 15) is 4.79 Å². The molecule has 0 aliphatic heterocycles. The van der Waals surface area contributed by atoms with Crippen LogP contribution in [0.25, 0.3) is 0 Å². The number of nitrogens with two attached hydrogens (primary N) is 1. The van der Waals surface area contributed by atoms with Gasteiger partial charge in [-0.2, -0.15) is 0 Å². The predicted molar refractivity (Wildman–Crippen MR) is 54.0 cm³/mol. The van der Waals surface area contributed by atoms with Gasteiger partial charge in [0.05, 0.1) is 0 Å². The Balaban J connectivity index is 4.32. The minimum absolute atomic E-state index is 0.0989. The minimum atomic E-state index is 0.0989. The molecule has 0 aliphatic carbocycles. The average molecular weight is 187 g/mol. The van der Waals surface area contributed by atoms with Gasteiger partial charge in [-0.3, -0.25) is 9.80 Å². The van der Waals surface area contributed by atoms with Gasteiger partial charge in [0.1, 0.15) is 0 Å². The van der Waals surface area contributed by atoms with Crippen LogP contribution in [0, 0.1) is 0 Å². The van der Waals surface area contributed by atoms with Crippen LogP contribution in [0.1, 0.15) is 27.2 Å². The first-order valence-electron chi connectivity index (χ1n) is 4.77. The Bertz CT molecular complexity index is 159. The summed E-state index contributed by atoms with van der Waals surface area (Å²) in [5.41, 5.74) is 5.34. The van der Waals surface area contributed by atoms with E-state index >= 15 is 0 Å². The summed E-state index contributed by atoms with van der Waals surface area (Å²) in [5.74, 6) is 0.0989. The lowest BCUT2D eigenvalue weighted by Crippen LogP contribution is -2.48. The third-order valence-corrected chi connectivity index (χ3v) is 1.93. The Labute approximate surface area is 80.7 Å². The van der Waals surface area contributed by atoms with Gasteiger partial charge < -0.3 is 5.73 Å². The molecule has 0 unspecified atom stereocenters. The van der Waals surface area contributed by atoms with Crippen LogP contribution in [-0.2, 0) is 4.79 Å². The third kappa shape index (κ3) is 3.74. The molecule has 1 amide bonds. The monoisotopic (exact) mass is 187 g/mol. The Morgan fingerprint density at radius 3 is 2.31 bits per heavy atom. The quantitative estimate of drug-likeness (QED) is 0.635. The molecule has 0 atom stereocenters. The normalized spacial score (nSPS) is 11.0. The average Bonchev–Trinajstić information content (AvgIpc) is 2.04. The summed E-state index contributed by atoms with van der Waals surface area (Å²) in [5, 5.41) is 3.68. The first-order valence-corrected chi connectivity index (χ1v) is 4.77. The first kappa shape index (κ1) is 12.4. The molecule has 4 nitrogen and oxygen atoms in total. The van der Waals surface area contributed by atoms with Crippen LogP contribution in [-0.4, -0.2) is 42.1 Å². The highest BCUT2D eigenvalue weighted by Crippen LogP contribution is 2.04. The summed E-state index contributed by atoms with van der Waals surface area (Å²) >= 11 is 0. The Morgan fingerprint density at radius 1 is 1.46 bits per heavy atom.